The smallest absolute Gasteiger partial charge is 0.260 e. The minimum Gasteiger partial charge on any atom is -0.481 e. The second-order valence-electron chi connectivity index (χ2n) is 4.65. The molecular formula is C14H18FNO2. The molecule has 1 aromatic rings. The van der Waals surface area contributed by atoms with Crippen LogP contribution < -0.4 is 4.74 Å². The van der Waals surface area contributed by atoms with Crippen molar-refractivity contribution in [2.45, 2.75) is 32.2 Å². The van der Waals surface area contributed by atoms with E-state index in [-0.39, 0.29) is 24.3 Å². The van der Waals surface area contributed by atoms with Crippen LogP contribution in [0.2, 0.25) is 0 Å². The quantitative estimate of drug-likeness (QED) is 0.826. The first-order chi connectivity index (χ1) is 8.68. The van der Waals surface area contributed by atoms with Crippen molar-refractivity contribution in [1.82, 2.24) is 4.90 Å². The first kappa shape index (κ1) is 12.9. The second kappa shape index (κ2) is 5.85. The first-order valence-corrected chi connectivity index (χ1v) is 6.35. The molecule has 2 rings (SSSR count). The maximum atomic E-state index is 13.3. The van der Waals surface area contributed by atoms with E-state index in [0.29, 0.717) is 0 Å². The highest BCUT2D eigenvalue weighted by atomic mass is 19.1. The Hall–Kier alpha value is -1.58. The topological polar surface area (TPSA) is 29.5 Å². The van der Waals surface area contributed by atoms with E-state index in [1.54, 1.807) is 12.1 Å². The zero-order chi connectivity index (χ0) is 13.0. The number of halogens is 1. The number of rotatable bonds is 3. The van der Waals surface area contributed by atoms with Gasteiger partial charge in [-0.3, -0.25) is 4.79 Å². The van der Waals surface area contributed by atoms with Gasteiger partial charge in [-0.2, -0.15) is 0 Å². The molecule has 1 atom stereocenters. The highest BCUT2D eigenvalue weighted by molar-refractivity contribution is 5.78. The average Bonchev–Trinajstić information content (AvgIpc) is 2.38. The monoisotopic (exact) mass is 251 g/mol. The van der Waals surface area contributed by atoms with Crippen LogP contribution in [0.5, 0.6) is 5.75 Å². The third kappa shape index (κ3) is 3.00. The number of amides is 1. The molecule has 98 valence electrons. The van der Waals surface area contributed by atoms with Crippen LogP contribution in [0.4, 0.5) is 4.39 Å². The lowest BCUT2D eigenvalue weighted by Crippen LogP contribution is -2.44. The molecular weight excluding hydrogens is 233 g/mol. The van der Waals surface area contributed by atoms with Crippen molar-refractivity contribution in [3.8, 4) is 5.75 Å². The van der Waals surface area contributed by atoms with Crippen molar-refractivity contribution in [1.29, 1.82) is 0 Å². The fraction of sp³-hybridized carbons (Fsp3) is 0.500. The lowest BCUT2D eigenvalue weighted by atomic mass is 10.0. The van der Waals surface area contributed by atoms with E-state index in [4.69, 9.17) is 4.74 Å². The second-order valence-corrected chi connectivity index (χ2v) is 4.65. The number of carbonyl (C=O) groups excluding carboxylic acids is 1. The highest BCUT2D eigenvalue weighted by Gasteiger charge is 2.23. The molecule has 1 amide bonds. The summed E-state index contributed by atoms with van der Waals surface area (Å²) in [6.45, 7) is 2.73. The maximum Gasteiger partial charge on any atom is 0.260 e. The first-order valence-electron chi connectivity index (χ1n) is 6.35. The van der Waals surface area contributed by atoms with Crippen molar-refractivity contribution >= 4 is 5.91 Å². The summed E-state index contributed by atoms with van der Waals surface area (Å²) in [5.74, 6) is -0.363. The largest absolute Gasteiger partial charge is 0.481 e. The van der Waals surface area contributed by atoms with Gasteiger partial charge >= 0.3 is 0 Å². The molecule has 1 aliphatic heterocycles. The number of piperidine rings is 1. The molecule has 0 N–H and O–H groups in total. The van der Waals surface area contributed by atoms with Crippen molar-refractivity contribution in [2.24, 2.45) is 0 Å². The van der Waals surface area contributed by atoms with Crippen LogP contribution in [-0.4, -0.2) is 30.0 Å². The Bertz CT molecular complexity index is 422. The number of ether oxygens (including phenoxy) is 1. The van der Waals surface area contributed by atoms with E-state index in [2.05, 4.69) is 0 Å². The maximum absolute atomic E-state index is 13.3. The van der Waals surface area contributed by atoms with Gasteiger partial charge in [-0.1, -0.05) is 12.1 Å². The molecule has 0 radical (unpaired) electrons. The van der Waals surface area contributed by atoms with Gasteiger partial charge in [0.25, 0.3) is 5.91 Å². The van der Waals surface area contributed by atoms with Crippen LogP contribution in [0.15, 0.2) is 24.3 Å². The van der Waals surface area contributed by atoms with Gasteiger partial charge in [0.15, 0.2) is 18.2 Å². The van der Waals surface area contributed by atoms with Crippen molar-refractivity contribution < 1.29 is 13.9 Å². The van der Waals surface area contributed by atoms with Gasteiger partial charge in [-0.25, -0.2) is 4.39 Å². The number of hydrogen-bond acceptors (Lipinski definition) is 2. The fourth-order valence-corrected chi connectivity index (χ4v) is 2.25. The third-order valence-electron chi connectivity index (χ3n) is 3.31. The van der Waals surface area contributed by atoms with E-state index in [1.165, 1.54) is 18.6 Å². The third-order valence-corrected chi connectivity index (χ3v) is 3.31. The van der Waals surface area contributed by atoms with E-state index < -0.39 is 5.82 Å². The van der Waals surface area contributed by atoms with E-state index >= 15 is 0 Å². The minimum atomic E-state index is -0.433. The predicted molar refractivity (Wildman–Crippen MR) is 66.9 cm³/mol. The number of para-hydroxylation sites is 1. The number of hydrogen-bond donors (Lipinski definition) is 0. The minimum absolute atomic E-state index is 0.0644. The summed E-state index contributed by atoms with van der Waals surface area (Å²) < 4.78 is 18.5. The van der Waals surface area contributed by atoms with Gasteiger partial charge in [0.05, 0.1) is 0 Å². The van der Waals surface area contributed by atoms with Crippen molar-refractivity contribution in [3.63, 3.8) is 0 Å². The predicted octanol–water partition coefficient (Wildman–Crippen LogP) is 2.61. The Morgan fingerprint density at radius 1 is 1.44 bits per heavy atom. The lowest BCUT2D eigenvalue weighted by molar-refractivity contribution is -0.136. The lowest BCUT2D eigenvalue weighted by Gasteiger charge is -2.33. The van der Waals surface area contributed by atoms with Crippen molar-refractivity contribution in [2.75, 3.05) is 13.2 Å². The van der Waals surface area contributed by atoms with E-state index in [9.17, 15) is 9.18 Å². The Labute approximate surface area is 107 Å². The Kier molecular flexibility index (Phi) is 4.18. The normalized spacial score (nSPS) is 19.7. The van der Waals surface area contributed by atoms with Crippen LogP contribution in [0.1, 0.15) is 26.2 Å². The van der Waals surface area contributed by atoms with Crippen LogP contribution in [0, 0.1) is 5.82 Å². The number of benzene rings is 1. The summed E-state index contributed by atoms with van der Waals surface area (Å²) >= 11 is 0. The summed E-state index contributed by atoms with van der Waals surface area (Å²) in [6, 6.07) is 6.39. The Morgan fingerprint density at radius 3 is 2.94 bits per heavy atom. The zero-order valence-corrected chi connectivity index (χ0v) is 10.6. The highest BCUT2D eigenvalue weighted by Crippen LogP contribution is 2.18. The molecule has 1 heterocycles. The summed E-state index contributed by atoms with van der Waals surface area (Å²) in [5.41, 5.74) is 0. The van der Waals surface area contributed by atoms with Gasteiger partial charge < -0.3 is 9.64 Å². The molecule has 4 heteroatoms. The van der Waals surface area contributed by atoms with Crippen LogP contribution in [-0.2, 0) is 4.79 Å². The van der Waals surface area contributed by atoms with Crippen LogP contribution >= 0.6 is 0 Å². The van der Waals surface area contributed by atoms with Gasteiger partial charge in [0.2, 0.25) is 0 Å². The van der Waals surface area contributed by atoms with E-state index in [1.807, 2.05) is 11.8 Å². The molecule has 1 aromatic carbocycles. The summed E-state index contributed by atoms with van der Waals surface area (Å²) in [4.78, 5) is 13.8. The van der Waals surface area contributed by atoms with Crippen LogP contribution in [0.3, 0.4) is 0 Å². The number of carbonyl (C=O) groups is 1. The molecule has 0 bridgehead atoms. The summed E-state index contributed by atoms with van der Waals surface area (Å²) in [6.07, 6.45) is 3.24. The summed E-state index contributed by atoms with van der Waals surface area (Å²) in [7, 11) is 0. The summed E-state index contributed by atoms with van der Waals surface area (Å²) in [5, 5.41) is 0. The molecule has 0 aromatic heterocycles. The molecule has 3 nitrogen and oxygen atoms in total. The average molecular weight is 251 g/mol. The molecule has 1 fully saturated rings. The molecule has 1 aliphatic rings. The molecule has 0 spiro atoms. The molecule has 0 saturated carbocycles. The SMILES string of the molecule is C[C@H]1CCCCN1C(=O)COc1ccccc1F. The fourth-order valence-electron chi connectivity index (χ4n) is 2.25. The molecule has 1 saturated heterocycles. The van der Waals surface area contributed by atoms with Gasteiger partial charge in [-0.05, 0) is 38.3 Å². The van der Waals surface area contributed by atoms with Gasteiger partial charge in [0.1, 0.15) is 0 Å². The number of nitrogens with zero attached hydrogens (tertiary/aromatic N) is 1. The van der Waals surface area contributed by atoms with Crippen molar-refractivity contribution in [3.05, 3.63) is 30.1 Å². The zero-order valence-electron chi connectivity index (χ0n) is 10.6. The molecule has 0 unspecified atom stereocenters. The van der Waals surface area contributed by atoms with Gasteiger partial charge in [-0.15, -0.1) is 0 Å². The van der Waals surface area contributed by atoms with Gasteiger partial charge in [0, 0.05) is 12.6 Å². The molecule has 18 heavy (non-hydrogen) atoms. The van der Waals surface area contributed by atoms with E-state index in [0.717, 1.165) is 19.4 Å². The number of likely N-dealkylation sites (tertiary alicyclic amines) is 1. The Morgan fingerprint density at radius 2 is 2.22 bits per heavy atom. The molecule has 0 aliphatic carbocycles. The standard InChI is InChI=1S/C14H18FNO2/c1-11-6-4-5-9-16(11)14(17)10-18-13-8-3-2-7-12(13)15/h2-3,7-8,11H,4-6,9-10H2,1H3/t11-/m0/s1. The Balaban J connectivity index is 1.90. The van der Waals surface area contributed by atoms with Crippen LogP contribution in [0.25, 0.3) is 0 Å².